The predicted octanol–water partition coefficient (Wildman–Crippen LogP) is 3.52. The van der Waals surface area contributed by atoms with Gasteiger partial charge in [0.1, 0.15) is 5.00 Å². The second-order valence-electron chi connectivity index (χ2n) is 5.80. The van der Waals surface area contributed by atoms with Gasteiger partial charge in [-0.15, -0.1) is 11.3 Å². The first kappa shape index (κ1) is 20.6. The van der Waals surface area contributed by atoms with Crippen molar-refractivity contribution in [3.05, 3.63) is 51.9 Å². The van der Waals surface area contributed by atoms with Crippen LogP contribution in [0.15, 0.2) is 30.3 Å². The summed E-state index contributed by atoms with van der Waals surface area (Å²) in [5.41, 5.74) is 1.98. The van der Waals surface area contributed by atoms with Crippen molar-refractivity contribution in [2.45, 2.75) is 33.6 Å². The van der Waals surface area contributed by atoms with E-state index in [1.807, 2.05) is 44.2 Å². The third kappa shape index (κ3) is 5.65. The summed E-state index contributed by atoms with van der Waals surface area (Å²) in [5.74, 6) is -1.45. The van der Waals surface area contributed by atoms with Crippen LogP contribution < -0.4 is 5.32 Å². The molecule has 0 aliphatic heterocycles. The Kier molecular flexibility index (Phi) is 7.55. The van der Waals surface area contributed by atoms with Crippen molar-refractivity contribution in [3.63, 3.8) is 0 Å². The molecule has 0 saturated carbocycles. The summed E-state index contributed by atoms with van der Waals surface area (Å²) in [7, 11) is 0. The Morgan fingerprint density at radius 1 is 1.07 bits per heavy atom. The third-order valence-electron chi connectivity index (χ3n) is 3.85. The maximum atomic E-state index is 12.2. The molecule has 0 bridgehead atoms. The number of hydrogen-bond donors (Lipinski definition) is 1. The van der Waals surface area contributed by atoms with Gasteiger partial charge in [-0.25, -0.2) is 4.79 Å². The molecule has 0 fully saturated rings. The SMILES string of the molecule is CCOC(=O)c1c(NC(=O)COC(=O)Cc2ccccc2)sc(CC)c1C. The Morgan fingerprint density at radius 2 is 1.78 bits per heavy atom. The molecular weight excluding hydrogens is 366 g/mol. The van der Waals surface area contributed by atoms with Crippen molar-refractivity contribution in [3.8, 4) is 0 Å². The van der Waals surface area contributed by atoms with E-state index in [9.17, 15) is 14.4 Å². The number of esters is 2. The minimum Gasteiger partial charge on any atom is -0.462 e. The number of benzene rings is 1. The van der Waals surface area contributed by atoms with Crippen molar-refractivity contribution >= 4 is 34.2 Å². The van der Waals surface area contributed by atoms with Crippen molar-refractivity contribution in [2.75, 3.05) is 18.5 Å². The lowest BCUT2D eigenvalue weighted by molar-refractivity contribution is -0.146. The molecule has 2 rings (SSSR count). The van der Waals surface area contributed by atoms with E-state index in [1.54, 1.807) is 6.92 Å². The number of carbonyl (C=O) groups excluding carboxylic acids is 3. The maximum absolute atomic E-state index is 12.2. The second-order valence-corrected chi connectivity index (χ2v) is 6.90. The van der Waals surface area contributed by atoms with Gasteiger partial charge in [0, 0.05) is 4.88 Å². The fourth-order valence-electron chi connectivity index (χ4n) is 2.56. The summed E-state index contributed by atoms with van der Waals surface area (Å²) >= 11 is 1.33. The summed E-state index contributed by atoms with van der Waals surface area (Å²) in [6.07, 6.45) is 0.838. The zero-order valence-corrected chi connectivity index (χ0v) is 16.5. The fourth-order valence-corrected chi connectivity index (χ4v) is 3.71. The Balaban J connectivity index is 1.98. The standard InChI is InChI=1S/C20H23NO5S/c1-4-15-13(3)18(20(24)25-5-2)19(27-15)21-16(22)12-26-17(23)11-14-9-7-6-8-10-14/h6-10H,4-5,11-12H2,1-3H3,(H,21,22). The van der Waals surface area contributed by atoms with Crippen molar-refractivity contribution in [1.82, 2.24) is 0 Å². The maximum Gasteiger partial charge on any atom is 0.341 e. The van der Waals surface area contributed by atoms with Gasteiger partial charge in [0.25, 0.3) is 5.91 Å². The molecule has 1 aromatic carbocycles. The molecule has 0 saturated heterocycles. The summed E-state index contributed by atoms with van der Waals surface area (Å²) < 4.78 is 10.1. The van der Waals surface area contributed by atoms with E-state index >= 15 is 0 Å². The molecular formula is C20H23NO5S. The highest BCUT2D eigenvalue weighted by atomic mass is 32.1. The number of nitrogens with one attached hydrogen (secondary N) is 1. The Labute approximate surface area is 162 Å². The number of hydrogen-bond acceptors (Lipinski definition) is 6. The molecule has 6 nitrogen and oxygen atoms in total. The molecule has 1 aromatic heterocycles. The zero-order chi connectivity index (χ0) is 19.8. The van der Waals surface area contributed by atoms with Crippen molar-refractivity contribution in [1.29, 1.82) is 0 Å². The molecule has 2 aromatic rings. The average Bonchev–Trinajstić information content (AvgIpc) is 2.96. The van der Waals surface area contributed by atoms with E-state index in [0.717, 1.165) is 22.4 Å². The van der Waals surface area contributed by atoms with Crippen LogP contribution in [0.2, 0.25) is 0 Å². The van der Waals surface area contributed by atoms with Crippen LogP contribution >= 0.6 is 11.3 Å². The summed E-state index contributed by atoms with van der Waals surface area (Å²) in [4.78, 5) is 37.2. The van der Waals surface area contributed by atoms with Crippen LogP contribution in [-0.4, -0.2) is 31.1 Å². The molecule has 1 amide bonds. The summed E-state index contributed by atoms with van der Waals surface area (Å²) in [6, 6.07) is 9.14. The first-order chi connectivity index (χ1) is 13.0. The lowest BCUT2D eigenvalue weighted by Gasteiger charge is -2.08. The number of aryl methyl sites for hydroxylation is 1. The number of ether oxygens (including phenoxy) is 2. The summed E-state index contributed by atoms with van der Waals surface area (Å²) in [6.45, 7) is 5.37. The number of anilines is 1. The normalized spacial score (nSPS) is 10.3. The van der Waals surface area contributed by atoms with E-state index in [0.29, 0.717) is 10.6 Å². The molecule has 0 unspecified atom stereocenters. The molecule has 1 heterocycles. The monoisotopic (exact) mass is 389 g/mol. The summed E-state index contributed by atoms with van der Waals surface area (Å²) in [5, 5.41) is 3.09. The molecule has 1 N–H and O–H groups in total. The van der Waals surface area contributed by atoms with Crippen LogP contribution in [0.5, 0.6) is 0 Å². The largest absolute Gasteiger partial charge is 0.462 e. The molecule has 7 heteroatoms. The second kappa shape index (κ2) is 9.87. The number of thiophene rings is 1. The minimum atomic E-state index is -0.495. The van der Waals surface area contributed by atoms with Crippen molar-refractivity contribution in [2.24, 2.45) is 0 Å². The van der Waals surface area contributed by atoms with Crippen LogP contribution in [-0.2, 0) is 31.9 Å². The van der Waals surface area contributed by atoms with Gasteiger partial charge in [0.15, 0.2) is 6.61 Å². The van der Waals surface area contributed by atoms with Crippen LogP contribution in [0, 0.1) is 6.92 Å². The molecule has 0 radical (unpaired) electrons. The quantitative estimate of drug-likeness (QED) is 0.699. The topological polar surface area (TPSA) is 81.7 Å². The lowest BCUT2D eigenvalue weighted by Crippen LogP contribution is -2.22. The third-order valence-corrected chi connectivity index (χ3v) is 5.21. The van der Waals surface area contributed by atoms with Gasteiger partial charge in [0.05, 0.1) is 18.6 Å². The average molecular weight is 389 g/mol. The molecule has 0 aliphatic carbocycles. The highest BCUT2D eigenvalue weighted by Crippen LogP contribution is 2.34. The van der Waals surface area contributed by atoms with E-state index in [-0.39, 0.29) is 13.0 Å². The molecule has 0 aliphatic rings. The van der Waals surface area contributed by atoms with Crippen molar-refractivity contribution < 1.29 is 23.9 Å². The van der Waals surface area contributed by atoms with Crippen LogP contribution in [0.1, 0.15) is 40.2 Å². The van der Waals surface area contributed by atoms with Gasteiger partial charge in [-0.1, -0.05) is 37.3 Å². The Hall–Kier alpha value is -2.67. The molecule has 0 spiro atoms. The fraction of sp³-hybridized carbons (Fsp3) is 0.350. The first-order valence-electron chi connectivity index (χ1n) is 8.75. The van der Waals surface area contributed by atoms with E-state index < -0.39 is 24.5 Å². The molecule has 0 atom stereocenters. The predicted molar refractivity (Wildman–Crippen MR) is 104 cm³/mol. The van der Waals surface area contributed by atoms with Gasteiger partial charge >= 0.3 is 11.9 Å². The Bertz CT molecular complexity index is 813. The highest BCUT2D eigenvalue weighted by molar-refractivity contribution is 7.17. The van der Waals surface area contributed by atoms with Crippen LogP contribution in [0.25, 0.3) is 0 Å². The highest BCUT2D eigenvalue weighted by Gasteiger charge is 2.23. The molecule has 27 heavy (non-hydrogen) atoms. The van der Waals surface area contributed by atoms with Gasteiger partial charge in [-0.2, -0.15) is 0 Å². The van der Waals surface area contributed by atoms with E-state index in [4.69, 9.17) is 9.47 Å². The van der Waals surface area contributed by atoms with E-state index in [2.05, 4.69) is 5.32 Å². The smallest absolute Gasteiger partial charge is 0.341 e. The van der Waals surface area contributed by atoms with Gasteiger partial charge in [-0.3, -0.25) is 9.59 Å². The molecule has 144 valence electrons. The minimum absolute atomic E-state index is 0.0975. The first-order valence-corrected chi connectivity index (χ1v) is 9.56. The van der Waals surface area contributed by atoms with Gasteiger partial charge in [0.2, 0.25) is 0 Å². The van der Waals surface area contributed by atoms with Gasteiger partial charge in [-0.05, 0) is 31.4 Å². The van der Waals surface area contributed by atoms with E-state index in [1.165, 1.54) is 11.3 Å². The van der Waals surface area contributed by atoms with Crippen LogP contribution in [0.3, 0.4) is 0 Å². The van der Waals surface area contributed by atoms with Gasteiger partial charge < -0.3 is 14.8 Å². The van der Waals surface area contributed by atoms with Crippen LogP contribution in [0.4, 0.5) is 5.00 Å². The zero-order valence-electron chi connectivity index (χ0n) is 15.7. The number of amides is 1. The lowest BCUT2D eigenvalue weighted by atomic mass is 10.1. The number of rotatable bonds is 8. The number of carbonyl (C=O) groups is 3. The Morgan fingerprint density at radius 3 is 2.41 bits per heavy atom.